The molecule has 8 heteroatoms. The van der Waals surface area contributed by atoms with Gasteiger partial charge in [-0.3, -0.25) is 5.43 Å². The maximum Gasteiger partial charge on any atom is 0.379 e. The molecular formula is C18H21N3O4S. The van der Waals surface area contributed by atoms with Crippen molar-refractivity contribution < 1.29 is 18.7 Å². The van der Waals surface area contributed by atoms with E-state index >= 15 is 0 Å². The predicted molar refractivity (Wildman–Crippen MR) is 103 cm³/mol. The Bertz CT molecular complexity index is 760. The lowest BCUT2D eigenvalue weighted by Crippen LogP contribution is -2.32. The standard InChI is InChI=1S/C18H21N3O4S/c1-3-4-9-19-18(26)21-20-12-13-7-8-14(16(11-13)23-2)25-17(22)15-6-5-10-24-15/h5-8,10-12H,3-4,9H2,1-2H3,(H2,19,21,26)/b20-12+. The molecule has 0 aliphatic rings. The molecule has 0 spiro atoms. The summed E-state index contributed by atoms with van der Waals surface area (Å²) in [5.41, 5.74) is 3.50. The van der Waals surface area contributed by atoms with Crippen LogP contribution in [0, 0.1) is 0 Å². The highest BCUT2D eigenvalue weighted by atomic mass is 32.1. The summed E-state index contributed by atoms with van der Waals surface area (Å²) in [7, 11) is 1.49. The summed E-state index contributed by atoms with van der Waals surface area (Å²) >= 11 is 5.11. The second-order valence-corrected chi connectivity index (χ2v) is 5.66. The molecule has 0 amide bonds. The lowest BCUT2D eigenvalue weighted by Gasteiger charge is -2.09. The molecule has 0 bridgehead atoms. The number of esters is 1. The number of carbonyl (C=O) groups is 1. The van der Waals surface area contributed by atoms with Crippen LogP contribution < -0.4 is 20.2 Å². The van der Waals surface area contributed by atoms with Crippen LogP contribution in [0.3, 0.4) is 0 Å². The van der Waals surface area contributed by atoms with E-state index in [-0.39, 0.29) is 11.5 Å². The third kappa shape index (κ3) is 5.89. The molecule has 1 aromatic carbocycles. The fourth-order valence-corrected chi connectivity index (χ4v) is 2.13. The Kier molecular flexibility index (Phi) is 7.63. The molecule has 26 heavy (non-hydrogen) atoms. The topological polar surface area (TPSA) is 85.1 Å². The van der Waals surface area contributed by atoms with Gasteiger partial charge in [0.2, 0.25) is 5.76 Å². The summed E-state index contributed by atoms with van der Waals surface area (Å²) in [6.45, 7) is 2.92. The Labute approximate surface area is 157 Å². The highest BCUT2D eigenvalue weighted by Gasteiger charge is 2.14. The zero-order valence-corrected chi connectivity index (χ0v) is 15.5. The van der Waals surface area contributed by atoms with Crippen molar-refractivity contribution in [2.45, 2.75) is 19.8 Å². The summed E-state index contributed by atoms with van der Waals surface area (Å²) < 4.78 is 15.6. The van der Waals surface area contributed by atoms with E-state index in [0.717, 1.165) is 24.9 Å². The van der Waals surface area contributed by atoms with E-state index in [1.165, 1.54) is 19.4 Å². The lowest BCUT2D eigenvalue weighted by molar-refractivity contribution is 0.0696. The number of ether oxygens (including phenoxy) is 2. The van der Waals surface area contributed by atoms with Gasteiger partial charge < -0.3 is 19.2 Å². The van der Waals surface area contributed by atoms with Crippen LogP contribution in [0.4, 0.5) is 0 Å². The van der Waals surface area contributed by atoms with Gasteiger partial charge in [0.25, 0.3) is 0 Å². The van der Waals surface area contributed by atoms with Gasteiger partial charge in [0.15, 0.2) is 16.6 Å². The lowest BCUT2D eigenvalue weighted by atomic mass is 10.2. The molecule has 138 valence electrons. The smallest absolute Gasteiger partial charge is 0.379 e. The van der Waals surface area contributed by atoms with Gasteiger partial charge in [0.1, 0.15) is 0 Å². The van der Waals surface area contributed by atoms with Crippen molar-refractivity contribution in [1.29, 1.82) is 0 Å². The molecule has 0 fully saturated rings. The van der Waals surface area contributed by atoms with Crippen LogP contribution in [0.1, 0.15) is 35.9 Å². The Morgan fingerprint density at radius 1 is 1.35 bits per heavy atom. The predicted octanol–water partition coefficient (Wildman–Crippen LogP) is 3.11. The summed E-state index contributed by atoms with van der Waals surface area (Å²) in [6.07, 6.45) is 5.13. The fourth-order valence-electron chi connectivity index (χ4n) is 1.98. The number of carbonyl (C=O) groups excluding carboxylic acids is 1. The van der Waals surface area contributed by atoms with Crippen LogP contribution in [0.2, 0.25) is 0 Å². The minimum atomic E-state index is -0.597. The number of benzene rings is 1. The second kappa shape index (κ2) is 10.2. The maximum atomic E-state index is 12.0. The van der Waals surface area contributed by atoms with E-state index in [1.54, 1.807) is 30.5 Å². The molecule has 0 atom stereocenters. The Morgan fingerprint density at radius 3 is 2.88 bits per heavy atom. The zero-order chi connectivity index (χ0) is 18.8. The number of hydrogen-bond donors (Lipinski definition) is 2. The largest absolute Gasteiger partial charge is 0.493 e. The number of rotatable bonds is 8. The van der Waals surface area contributed by atoms with Gasteiger partial charge in [-0.25, -0.2) is 4.79 Å². The molecule has 0 radical (unpaired) electrons. The molecule has 0 saturated heterocycles. The first-order valence-electron chi connectivity index (χ1n) is 8.14. The summed E-state index contributed by atoms with van der Waals surface area (Å²) in [6, 6.07) is 8.20. The number of methoxy groups -OCH3 is 1. The number of hydrogen-bond acceptors (Lipinski definition) is 6. The number of nitrogens with zero attached hydrogens (tertiary/aromatic N) is 1. The molecule has 2 N–H and O–H groups in total. The van der Waals surface area contributed by atoms with Crippen LogP contribution in [0.5, 0.6) is 11.5 Å². The zero-order valence-electron chi connectivity index (χ0n) is 14.7. The Hall–Kier alpha value is -2.87. The maximum absolute atomic E-state index is 12.0. The highest BCUT2D eigenvalue weighted by molar-refractivity contribution is 7.80. The van der Waals surface area contributed by atoms with Crippen LogP contribution in [0.25, 0.3) is 0 Å². The first-order valence-corrected chi connectivity index (χ1v) is 8.55. The van der Waals surface area contributed by atoms with Gasteiger partial charge in [-0.2, -0.15) is 5.10 Å². The normalized spacial score (nSPS) is 10.5. The van der Waals surface area contributed by atoms with Crippen molar-refractivity contribution in [2.75, 3.05) is 13.7 Å². The van der Waals surface area contributed by atoms with Gasteiger partial charge >= 0.3 is 5.97 Å². The number of nitrogens with one attached hydrogen (secondary N) is 2. The van der Waals surface area contributed by atoms with E-state index in [4.69, 9.17) is 26.1 Å². The number of unbranched alkanes of at least 4 members (excludes halogenated alkanes) is 1. The SMILES string of the molecule is CCCCNC(=S)N/N=C/c1ccc(OC(=O)c2ccco2)c(OC)c1. The van der Waals surface area contributed by atoms with Gasteiger partial charge in [0.05, 0.1) is 19.6 Å². The highest BCUT2D eigenvalue weighted by Crippen LogP contribution is 2.28. The van der Waals surface area contributed by atoms with E-state index in [0.29, 0.717) is 10.9 Å². The molecule has 2 aromatic rings. The molecular weight excluding hydrogens is 354 g/mol. The third-order valence-corrected chi connectivity index (χ3v) is 3.54. The second-order valence-electron chi connectivity index (χ2n) is 5.26. The average Bonchev–Trinajstić information content (AvgIpc) is 3.18. The minimum absolute atomic E-state index is 0.117. The van der Waals surface area contributed by atoms with Crippen molar-refractivity contribution in [3.05, 3.63) is 47.9 Å². The molecule has 1 heterocycles. The van der Waals surface area contributed by atoms with Crippen molar-refractivity contribution in [2.24, 2.45) is 5.10 Å². The molecule has 7 nitrogen and oxygen atoms in total. The summed E-state index contributed by atoms with van der Waals surface area (Å²) in [5.74, 6) is 0.208. The van der Waals surface area contributed by atoms with Crippen LogP contribution in [0.15, 0.2) is 46.1 Å². The van der Waals surface area contributed by atoms with Crippen molar-refractivity contribution in [1.82, 2.24) is 10.7 Å². The first-order chi connectivity index (χ1) is 12.6. The molecule has 0 aliphatic carbocycles. The minimum Gasteiger partial charge on any atom is -0.493 e. The van der Waals surface area contributed by atoms with Crippen LogP contribution >= 0.6 is 12.2 Å². The molecule has 2 rings (SSSR count). The van der Waals surface area contributed by atoms with Gasteiger partial charge in [0, 0.05) is 6.54 Å². The van der Waals surface area contributed by atoms with Gasteiger partial charge in [-0.15, -0.1) is 0 Å². The third-order valence-electron chi connectivity index (χ3n) is 3.31. The molecule has 0 aliphatic heterocycles. The van der Waals surface area contributed by atoms with Crippen molar-refractivity contribution >= 4 is 29.5 Å². The number of thiocarbonyl (C=S) groups is 1. The van der Waals surface area contributed by atoms with Gasteiger partial charge in [-0.05, 0) is 54.5 Å². The number of hydrazone groups is 1. The Balaban J connectivity index is 1.96. The quantitative estimate of drug-likeness (QED) is 0.183. The van der Waals surface area contributed by atoms with E-state index < -0.39 is 5.97 Å². The van der Waals surface area contributed by atoms with E-state index in [9.17, 15) is 4.79 Å². The number of furan rings is 1. The summed E-state index contributed by atoms with van der Waals surface area (Å²) in [4.78, 5) is 12.0. The molecule has 1 aromatic heterocycles. The Morgan fingerprint density at radius 2 is 2.19 bits per heavy atom. The van der Waals surface area contributed by atoms with Crippen LogP contribution in [-0.4, -0.2) is 31.0 Å². The monoisotopic (exact) mass is 375 g/mol. The molecule has 0 saturated carbocycles. The molecule has 0 unspecified atom stereocenters. The van der Waals surface area contributed by atoms with Crippen molar-refractivity contribution in [3.8, 4) is 11.5 Å². The van der Waals surface area contributed by atoms with E-state index in [2.05, 4.69) is 22.8 Å². The average molecular weight is 375 g/mol. The van der Waals surface area contributed by atoms with E-state index in [1.807, 2.05) is 0 Å². The van der Waals surface area contributed by atoms with Crippen LogP contribution in [-0.2, 0) is 0 Å². The summed E-state index contributed by atoms with van der Waals surface area (Å²) in [5, 5.41) is 7.59. The first kappa shape index (κ1) is 19.5. The fraction of sp³-hybridized carbons (Fsp3) is 0.278. The van der Waals surface area contributed by atoms with Crippen molar-refractivity contribution in [3.63, 3.8) is 0 Å². The van der Waals surface area contributed by atoms with Gasteiger partial charge in [-0.1, -0.05) is 13.3 Å².